The third-order valence-corrected chi connectivity index (χ3v) is 6.37. The molecule has 0 spiro atoms. The normalized spacial score (nSPS) is 13.6. The molecule has 0 aliphatic heterocycles. The Labute approximate surface area is 222 Å². The van der Waals surface area contributed by atoms with Gasteiger partial charge in [-0.05, 0) is 74.1 Å². The van der Waals surface area contributed by atoms with E-state index in [1.54, 1.807) is 17.9 Å². The first kappa shape index (κ1) is 30.9. The van der Waals surface area contributed by atoms with Gasteiger partial charge in [-0.15, -0.1) is 0 Å². The molecule has 208 valence electrons. The van der Waals surface area contributed by atoms with E-state index in [9.17, 15) is 28.3 Å². The average molecular weight is 533 g/mol. The van der Waals surface area contributed by atoms with Gasteiger partial charge in [0.25, 0.3) is 5.91 Å². The lowest BCUT2D eigenvalue weighted by Crippen LogP contribution is -2.44. The van der Waals surface area contributed by atoms with Crippen LogP contribution in [0.4, 0.5) is 8.78 Å². The number of halogens is 2. The first-order chi connectivity index (χ1) is 17.9. The number of aliphatic hydroxyl groups excluding tert-OH is 1. The highest BCUT2D eigenvalue weighted by atomic mass is 19.1. The minimum atomic E-state index is -1.29. The quantitative estimate of drug-likeness (QED) is 0.296. The highest BCUT2D eigenvalue weighted by molar-refractivity contribution is 6.02. The Hall–Kier alpha value is -3.37. The van der Waals surface area contributed by atoms with Crippen molar-refractivity contribution < 1.29 is 28.3 Å². The molecule has 10 heteroatoms. The van der Waals surface area contributed by atoms with Gasteiger partial charge in [-0.25, -0.2) is 8.78 Å². The molecule has 1 unspecified atom stereocenters. The molecule has 3 atom stereocenters. The summed E-state index contributed by atoms with van der Waals surface area (Å²) in [6.45, 7) is 7.94. The molecular formula is C28H38F2N4O4. The van der Waals surface area contributed by atoms with Crippen LogP contribution in [-0.4, -0.2) is 59.5 Å². The van der Waals surface area contributed by atoms with Gasteiger partial charge >= 0.3 is 0 Å². The Kier molecular flexibility index (Phi) is 11.3. The summed E-state index contributed by atoms with van der Waals surface area (Å²) < 4.78 is 28.1. The maximum Gasteiger partial charge on any atom is 0.254 e. The van der Waals surface area contributed by atoms with Crippen LogP contribution in [0.25, 0.3) is 0 Å². The van der Waals surface area contributed by atoms with Crippen LogP contribution in [0.5, 0.6) is 0 Å². The zero-order valence-electron chi connectivity index (χ0n) is 22.4. The van der Waals surface area contributed by atoms with Crippen molar-refractivity contribution in [2.45, 2.75) is 65.0 Å². The van der Waals surface area contributed by atoms with Gasteiger partial charge in [0.15, 0.2) is 0 Å². The highest BCUT2D eigenvalue weighted by Gasteiger charge is 2.32. The minimum absolute atomic E-state index is 0.0326. The van der Waals surface area contributed by atoms with Crippen LogP contribution in [-0.2, 0) is 11.2 Å². The van der Waals surface area contributed by atoms with E-state index in [4.69, 9.17) is 11.5 Å². The van der Waals surface area contributed by atoms with Crippen molar-refractivity contribution in [3.8, 4) is 0 Å². The molecule has 2 rings (SSSR count). The Balaban J connectivity index is 2.75. The van der Waals surface area contributed by atoms with Crippen molar-refractivity contribution in [3.05, 3.63) is 69.8 Å². The Bertz CT molecular complexity index is 1130. The van der Waals surface area contributed by atoms with Crippen LogP contribution in [0, 0.1) is 18.6 Å². The summed E-state index contributed by atoms with van der Waals surface area (Å²) >= 11 is 0. The summed E-state index contributed by atoms with van der Waals surface area (Å²) in [5, 5.41) is 14.2. The molecule has 8 nitrogen and oxygen atoms in total. The molecule has 0 saturated heterocycles. The van der Waals surface area contributed by atoms with Gasteiger partial charge < -0.3 is 26.8 Å². The highest BCUT2D eigenvalue weighted by Crippen LogP contribution is 2.33. The van der Waals surface area contributed by atoms with E-state index in [0.717, 1.165) is 18.2 Å². The fraction of sp³-hybridized carbons (Fsp3) is 0.464. The maximum absolute atomic E-state index is 14.1. The summed E-state index contributed by atoms with van der Waals surface area (Å²) in [5.41, 5.74) is 12.3. The number of benzene rings is 2. The molecule has 0 aromatic heterocycles. The predicted octanol–water partition coefficient (Wildman–Crippen LogP) is 2.78. The summed E-state index contributed by atoms with van der Waals surface area (Å²) in [5.74, 6) is -4.38. The third-order valence-electron chi connectivity index (χ3n) is 6.37. The Morgan fingerprint density at radius 2 is 1.53 bits per heavy atom. The number of aliphatic hydroxyl groups is 1. The van der Waals surface area contributed by atoms with Gasteiger partial charge in [0, 0.05) is 42.7 Å². The van der Waals surface area contributed by atoms with E-state index in [0.29, 0.717) is 31.5 Å². The zero-order valence-corrected chi connectivity index (χ0v) is 22.4. The van der Waals surface area contributed by atoms with E-state index >= 15 is 0 Å². The fourth-order valence-electron chi connectivity index (χ4n) is 4.56. The standard InChI is InChI=1S/C28H38F2N4O4/c1-5-7-34(8-6-2)28(38)23-10-16(3)9-22(27(32)37)25(23)21(24(35)15-33-17(4)26(31)36)13-18-11-19(29)14-20(30)12-18/h9-12,14,17,21,24,33,35H,5-8,13,15H2,1-4H3,(H2,31,36)(H2,32,37)/t17?,21-,24+/m1/s1. The SMILES string of the molecule is CCCN(CCC)C(=O)c1cc(C)cc(C(N)=O)c1[C@H](Cc1cc(F)cc(F)c1)[C@@H](O)CNC(C)C(N)=O. The largest absolute Gasteiger partial charge is 0.391 e. The number of nitrogens with zero attached hydrogens (tertiary/aromatic N) is 1. The van der Waals surface area contributed by atoms with Crippen LogP contribution >= 0.6 is 0 Å². The average Bonchev–Trinajstić information content (AvgIpc) is 2.84. The molecule has 3 amide bonds. The van der Waals surface area contributed by atoms with Crippen molar-refractivity contribution in [2.75, 3.05) is 19.6 Å². The number of hydrogen-bond donors (Lipinski definition) is 4. The van der Waals surface area contributed by atoms with E-state index in [-0.39, 0.29) is 41.1 Å². The van der Waals surface area contributed by atoms with Gasteiger partial charge in [0.05, 0.1) is 12.1 Å². The van der Waals surface area contributed by atoms with E-state index in [1.165, 1.54) is 13.0 Å². The van der Waals surface area contributed by atoms with Crippen LogP contribution in [0.3, 0.4) is 0 Å². The van der Waals surface area contributed by atoms with Crippen LogP contribution in [0.1, 0.15) is 76.9 Å². The van der Waals surface area contributed by atoms with Crippen molar-refractivity contribution in [2.24, 2.45) is 11.5 Å². The molecule has 2 aromatic rings. The summed E-state index contributed by atoms with van der Waals surface area (Å²) in [6.07, 6.45) is 0.00703. The first-order valence-electron chi connectivity index (χ1n) is 12.8. The van der Waals surface area contributed by atoms with Crippen molar-refractivity contribution >= 4 is 17.7 Å². The molecule has 0 aliphatic rings. The Morgan fingerprint density at radius 1 is 0.974 bits per heavy atom. The van der Waals surface area contributed by atoms with Crippen LogP contribution in [0.2, 0.25) is 0 Å². The van der Waals surface area contributed by atoms with Crippen LogP contribution < -0.4 is 16.8 Å². The van der Waals surface area contributed by atoms with Gasteiger partial charge in [0.2, 0.25) is 11.8 Å². The molecule has 0 saturated carbocycles. The number of primary amides is 2. The predicted molar refractivity (Wildman–Crippen MR) is 142 cm³/mol. The number of carbonyl (C=O) groups excluding carboxylic acids is 3. The molecule has 2 aromatic carbocycles. The number of rotatable bonds is 14. The second-order valence-corrected chi connectivity index (χ2v) is 9.62. The van der Waals surface area contributed by atoms with Gasteiger partial charge in [0.1, 0.15) is 11.6 Å². The van der Waals surface area contributed by atoms with Gasteiger partial charge in [-0.3, -0.25) is 14.4 Å². The number of carbonyl (C=O) groups is 3. The molecule has 0 fully saturated rings. The third kappa shape index (κ3) is 8.06. The lowest BCUT2D eigenvalue weighted by atomic mass is 9.80. The number of aryl methyl sites for hydroxylation is 1. The number of amides is 3. The topological polar surface area (TPSA) is 139 Å². The number of nitrogens with two attached hydrogens (primary N) is 2. The van der Waals surface area contributed by atoms with E-state index in [1.807, 2.05) is 13.8 Å². The summed E-state index contributed by atoms with van der Waals surface area (Å²) in [6, 6.07) is 5.37. The number of hydrogen-bond acceptors (Lipinski definition) is 5. The molecule has 0 aliphatic carbocycles. The van der Waals surface area contributed by atoms with E-state index in [2.05, 4.69) is 5.32 Å². The Morgan fingerprint density at radius 3 is 2.03 bits per heavy atom. The van der Waals surface area contributed by atoms with Crippen molar-refractivity contribution in [1.82, 2.24) is 10.2 Å². The second kappa shape index (κ2) is 14.0. The van der Waals surface area contributed by atoms with E-state index < -0.39 is 41.5 Å². The first-order valence-corrected chi connectivity index (χ1v) is 12.8. The monoisotopic (exact) mass is 532 g/mol. The molecule has 38 heavy (non-hydrogen) atoms. The van der Waals surface area contributed by atoms with Crippen LogP contribution in [0.15, 0.2) is 30.3 Å². The van der Waals surface area contributed by atoms with Crippen molar-refractivity contribution in [1.29, 1.82) is 0 Å². The minimum Gasteiger partial charge on any atom is -0.391 e. The zero-order chi connectivity index (χ0) is 28.6. The van der Waals surface area contributed by atoms with Gasteiger partial charge in [-0.2, -0.15) is 0 Å². The molecule has 0 radical (unpaired) electrons. The second-order valence-electron chi connectivity index (χ2n) is 9.62. The summed E-state index contributed by atoms with van der Waals surface area (Å²) in [4.78, 5) is 39.6. The van der Waals surface area contributed by atoms with Gasteiger partial charge in [-0.1, -0.05) is 13.8 Å². The summed E-state index contributed by atoms with van der Waals surface area (Å²) in [7, 11) is 0. The molecule has 0 bridgehead atoms. The molecule has 0 heterocycles. The fourth-order valence-corrected chi connectivity index (χ4v) is 4.56. The van der Waals surface area contributed by atoms with Crippen molar-refractivity contribution in [3.63, 3.8) is 0 Å². The maximum atomic E-state index is 14.1. The molecular weight excluding hydrogens is 494 g/mol. The lowest BCUT2D eigenvalue weighted by Gasteiger charge is -2.30. The lowest BCUT2D eigenvalue weighted by molar-refractivity contribution is -0.119. The number of nitrogens with one attached hydrogen (secondary N) is 1. The molecule has 6 N–H and O–H groups in total. The smallest absolute Gasteiger partial charge is 0.254 e.